The summed E-state index contributed by atoms with van der Waals surface area (Å²) < 4.78 is 7.78. The molecular weight excluding hydrogens is 312 g/mol. The second-order valence-corrected chi connectivity index (χ2v) is 6.73. The number of ether oxygens (including phenoxy) is 1. The van der Waals surface area contributed by atoms with E-state index in [0.717, 1.165) is 22.9 Å². The molecule has 3 rings (SSSR count). The highest BCUT2D eigenvalue weighted by molar-refractivity contribution is 7.09. The Labute approximate surface area is 139 Å². The van der Waals surface area contributed by atoms with Crippen LogP contribution in [0, 0.1) is 12.8 Å². The van der Waals surface area contributed by atoms with E-state index in [1.165, 1.54) is 6.08 Å². The summed E-state index contributed by atoms with van der Waals surface area (Å²) in [5, 5.41) is 7.40. The van der Waals surface area contributed by atoms with Gasteiger partial charge in [0, 0.05) is 30.6 Å². The van der Waals surface area contributed by atoms with Gasteiger partial charge in [0.1, 0.15) is 0 Å². The van der Waals surface area contributed by atoms with Crippen LogP contribution in [-0.2, 0) is 29.2 Å². The third-order valence-electron chi connectivity index (χ3n) is 3.82. The van der Waals surface area contributed by atoms with Crippen molar-refractivity contribution >= 4 is 17.2 Å². The third-order valence-corrected chi connectivity index (χ3v) is 4.65. The molecule has 0 bridgehead atoms. The Morgan fingerprint density at radius 3 is 3.17 bits per heavy atom. The van der Waals surface area contributed by atoms with Gasteiger partial charge in [-0.1, -0.05) is 6.58 Å². The second-order valence-electron chi connectivity index (χ2n) is 5.67. The highest BCUT2D eigenvalue weighted by Gasteiger charge is 2.24. The van der Waals surface area contributed by atoms with Gasteiger partial charge < -0.3 is 9.64 Å². The summed E-state index contributed by atoms with van der Waals surface area (Å²) in [7, 11) is 0. The largest absolute Gasteiger partial charge is 0.375 e. The average Bonchev–Trinajstić information content (AvgIpc) is 3.11. The smallest absolute Gasteiger partial charge is 0.246 e. The Morgan fingerprint density at radius 1 is 1.57 bits per heavy atom. The van der Waals surface area contributed by atoms with Crippen molar-refractivity contribution in [2.75, 3.05) is 13.2 Å². The number of nitrogens with zero attached hydrogens (tertiary/aromatic N) is 4. The molecule has 6 nitrogen and oxygen atoms in total. The fraction of sp³-hybridized carbons (Fsp3) is 0.438. The normalized spacial score (nSPS) is 17.6. The third kappa shape index (κ3) is 3.86. The maximum absolute atomic E-state index is 12.0. The number of hydrogen-bond acceptors (Lipinski definition) is 5. The number of thiazole rings is 1. The summed E-state index contributed by atoms with van der Waals surface area (Å²) in [6.45, 7) is 8.59. The maximum atomic E-state index is 12.0. The van der Waals surface area contributed by atoms with Crippen LogP contribution in [0.15, 0.2) is 30.3 Å². The molecule has 0 N–H and O–H groups in total. The average molecular weight is 332 g/mol. The molecule has 2 aromatic rings. The Balaban J connectivity index is 1.63. The SMILES string of the molecule is C=CC(=O)N1Cc2ccnn2CC(COCc2csc(C)n2)C1. The van der Waals surface area contributed by atoms with Crippen LogP contribution in [-0.4, -0.2) is 38.7 Å². The lowest BCUT2D eigenvalue weighted by Crippen LogP contribution is -2.34. The minimum atomic E-state index is -0.0558. The van der Waals surface area contributed by atoms with Crippen molar-refractivity contribution in [2.24, 2.45) is 5.92 Å². The zero-order chi connectivity index (χ0) is 16.2. The quantitative estimate of drug-likeness (QED) is 0.786. The fourth-order valence-corrected chi connectivity index (χ4v) is 3.34. The number of carbonyl (C=O) groups excluding carboxylic acids is 1. The van der Waals surface area contributed by atoms with E-state index in [9.17, 15) is 4.79 Å². The van der Waals surface area contributed by atoms with Gasteiger partial charge in [-0.3, -0.25) is 9.48 Å². The van der Waals surface area contributed by atoms with E-state index in [2.05, 4.69) is 16.7 Å². The number of carbonyl (C=O) groups is 1. The molecule has 1 unspecified atom stereocenters. The van der Waals surface area contributed by atoms with Gasteiger partial charge in [-0.05, 0) is 19.1 Å². The molecule has 23 heavy (non-hydrogen) atoms. The van der Waals surface area contributed by atoms with Gasteiger partial charge in [0.05, 0.1) is 36.2 Å². The highest BCUT2D eigenvalue weighted by atomic mass is 32.1. The first kappa shape index (κ1) is 15.9. The Bertz CT molecular complexity index is 694. The number of hydrogen-bond donors (Lipinski definition) is 0. The highest BCUT2D eigenvalue weighted by Crippen LogP contribution is 2.17. The number of amides is 1. The van der Waals surface area contributed by atoms with Crippen LogP contribution in [0.25, 0.3) is 0 Å². The van der Waals surface area contributed by atoms with Crippen molar-refractivity contribution in [2.45, 2.75) is 26.6 Å². The lowest BCUT2D eigenvalue weighted by Gasteiger charge is -2.22. The van der Waals surface area contributed by atoms with Crippen LogP contribution in [0.4, 0.5) is 0 Å². The molecule has 0 radical (unpaired) electrons. The molecule has 0 aromatic carbocycles. The van der Waals surface area contributed by atoms with Crippen LogP contribution < -0.4 is 0 Å². The lowest BCUT2D eigenvalue weighted by atomic mass is 10.1. The lowest BCUT2D eigenvalue weighted by molar-refractivity contribution is -0.127. The van der Waals surface area contributed by atoms with Crippen molar-refractivity contribution in [1.29, 1.82) is 0 Å². The first-order chi connectivity index (χ1) is 11.2. The molecule has 1 aliphatic rings. The summed E-state index contributed by atoms with van der Waals surface area (Å²) >= 11 is 1.62. The van der Waals surface area contributed by atoms with Crippen LogP contribution >= 0.6 is 11.3 Å². The van der Waals surface area contributed by atoms with Crippen LogP contribution in [0.3, 0.4) is 0 Å². The minimum absolute atomic E-state index is 0.0558. The number of aromatic nitrogens is 3. The maximum Gasteiger partial charge on any atom is 0.246 e. The molecule has 7 heteroatoms. The molecule has 1 atom stereocenters. The summed E-state index contributed by atoms with van der Waals surface area (Å²) in [6, 6.07) is 1.95. The monoisotopic (exact) mass is 332 g/mol. The topological polar surface area (TPSA) is 60.2 Å². The number of rotatable bonds is 5. The summed E-state index contributed by atoms with van der Waals surface area (Å²) in [6.07, 6.45) is 3.13. The van der Waals surface area contributed by atoms with E-state index < -0.39 is 0 Å². The van der Waals surface area contributed by atoms with Gasteiger partial charge in [0.2, 0.25) is 5.91 Å². The van der Waals surface area contributed by atoms with E-state index in [-0.39, 0.29) is 11.8 Å². The van der Waals surface area contributed by atoms with E-state index >= 15 is 0 Å². The molecule has 1 aliphatic heterocycles. The van der Waals surface area contributed by atoms with Gasteiger partial charge in [0.25, 0.3) is 0 Å². The van der Waals surface area contributed by atoms with Crippen LogP contribution in [0.2, 0.25) is 0 Å². The summed E-state index contributed by atoms with van der Waals surface area (Å²) in [5.74, 6) is 0.138. The molecule has 1 amide bonds. The molecule has 0 saturated heterocycles. The van der Waals surface area contributed by atoms with Crippen molar-refractivity contribution in [1.82, 2.24) is 19.7 Å². The van der Waals surface area contributed by atoms with Crippen LogP contribution in [0.5, 0.6) is 0 Å². The van der Waals surface area contributed by atoms with E-state index in [0.29, 0.717) is 26.3 Å². The predicted octanol–water partition coefficient (Wildman–Crippen LogP) is 2.01. The summed E-state index contributed by atoms with van der Waals surface area (Å²) in [4.78, 5) is 18.2. The number of aryl methyl sites for hydroxylation is 1. The van der Waals surface area contributed by atoms with Gasteiger partial charge in [-0.2, -0.15) is 5.10 Å². The van der Waals surface area contributed by atoms with E-state index in [1.54, 1.807) is 22.4 Å². The molecule has 2 aromatic heterocycles. The zero-order valence-electron chi connectivity index (χ0n) is 13.1. The molecule has 0 spiro atoms. The predicted molar refractivity (Wildman–Crippen MR) is 87.8 cm³/mol. The van der Waals surface area contributed by atoms with Crippen molar-refractivity contribution < 1.29 is 9.53 Å². The fourth-order valence-electron chi connectivity index (χ4n) is 2.74. The van der Waals surface area contributed by atoms with Crippen molar-refractivity contribution in [3.8, 4) is 0 Å². The van der Waals surface area contributed by atoms with Crippen LogP contribution in [0.1, 0.15) is 16.4 Å². The standard InChI is InChI=1S/C16H20N4O2S/c1-3-16(21)19-6-13(7-20-15(8-19)4-5-17-20)9-22-10-14-11-23-12(2)18-14/h3-5,11,13H,1,6-10H2,2H3. The van der Waals surface area contributed by atoms with E-state index in [4.69, 9.17) is 4.74 Å². The molecular formula is C16H20N4O2S. The van der Waals surface area contributed by atoms with E-state index in [1.807, 2.05) is 23.1 Å². The van der Waals surface area contributed by atoms with Gasteiger partial charge >= 0.3 is 0 Å². The first-order valence-corrected chi connectivity index (χ1v) is 8.44. The Kier molecular flexibility index (Phi) is 4.88. The Morgan fingerprint density at radius 2 is 2.43 bits per heavy atom. The Hall–Kier alpha value is -1.99. The minimum Gasteiger partial charge on any atom is -0.375 e. The number of fused-ring (bicyclic) bond motifs is 1. The second kappa shape index (κ2) is 7.06. The van der Waals surface area contributed by atoms with Crippen molar-refractivity contribution in [3.63, 3.8) is 0 Å². The van der Waals surface area contributed by atoms with Crippen molar-refractivity contribution in [3.05, 3.63) is 46.7 Å². The van der Waals surface area contributed by atoms with Gasteiger partial charge in [-0.15, -0.1) is 11.3 Å². The summed E-state index contributed by atoms with van der Waals surface area (Å²) in [5.41, 5.74) is 2.00. The zero-order valence-corrected chi connectivity index (χ0v) is 14.0. The molecule has 3 heterocycles. The molecule has 0 saturated carbocycles. The van der Waals surface area contributed by atoms with Gasteiger partial charge in [-0.25, -0.2) is 4.98 Å². The molecule has 0 fully saturated rings. The molecule has 0 aliphatic carbocycles. The molecule has 122 valence electrons. The van der Waals surface area contributed by atoms with Gasteiger partial charge in [0.15, 0.2) is 0 Å². The first-order valence-electron chi connectivity index (χ1n) is 7.56.